The van der Waals surface area contributed by atoms with Gasteiger partial charge in [-0.05, 0) is 38.3 Å². The highest BCUT2D eigenvalue weighted by molar-refractivity contribution is 5.56. The summed E-state index contributed by atoms with van der Waals surface area (Å²) in [6.45, 7) is 2.43. The standard InChI is InChI=1S/C14H20FNO2/c1-10(18)14-12(15)6-4-7-13(14)16-8-3-2-5-11(16)9-17/h4,6-7,10-11,17-18H,2-3,5,8-9H2,1H3/t10-,11?/m0/s1. The predicted octanol–water partition coefficient (Wildman–Crippen LogP) is 2.23. The van der Waals surface area contributed by atoms with Gasteiger partial charge in [-0.15, -0.1) is 0 Å². The number of nitrogens with zero attached hydrogens (tertiary/aromatic N) is 1. The topological polar surface area (TPSA) is 43.7 Å². The number of hydrogen-bond acceptors (Lipinski definition) is 3. The van der Waals surface area contributed by atoms with Crippen LogP contribution in [0.1, 0.15) is 37.9 Å². The molecule has 1 aliphatic heterocycles. The monoisotopic (exact) mass is 253 g/mol. The molecule has 3 nitrogen and oxygen atoms in total. The van der Waals surface area contributed by atoms with Crippen molar-refractivity contribution in [3.05, 3.63) is 29.6 Å². The quantitative estimate of drug-likeness (QED) is 0.868. The molecule has 1 saturated heterocycles. The van der Waals surface area contributed by atoms with Crippen molar-refractivity contribution in [2.24, 2.45) is 0 Å². The van der Waals surface area contributed by atoms with E-state index in [9.17, 15) is 14.6 Å². The van der Waals surface area contributed by atoms with Gasteiger partial charge in [0, 0.05) is 17.8 Å². The number of anilines is 1. The number of piperidine rings is 1. The summed E-state index contributed by atoms with van der Waals surface area (Å²) in [5.74, 6) is -0.384. The highest BCUT2D eigenvalue weighted by atomic mass is 19.1. The Balaban J connectivity index is 2.39. The molecule has 2 N–H and O–H groups in total. The fourth-order valence-electron chi connectivity index (χ4n) is 2.70. The number of benzene rings is 1. The lowest BCUT2D eigenvalue weighted by Crippen LogP contribution is -2.42. The SMILES string of the molecule is C[C@H](O)c1c(F)cccc1N1CCCCC1CO. The number of aliphatic hydroxyl groups is 2. The molecule has 0 amide bonds. The Morgan fingerprint density at radius 2 is 2.22 bits per heavy atom. The average Bonchev–Trinajstić information content (AvgIpc) is 2.38. The maximum atomic E-state index is 13.8. The predicted molar refractivity (Wildman–Crippen MR) is 69.1 cm³/mol. The van der Waals surface area contributed by atoms with Crippen LogP contribution in [0.3, 0.4) is 0 Å². The van der Waals surface area contributed by atoms with Crippen LogP contribution >= 0.6 is 0 Å². The maximum Gasteiger partial charge on any atom is 0.131 e. The van der Waals surface area contributed by atoms with E-state index in [1.807, 2.05) is 11.0 Å². The van der Waals surface area contributed by atoms with Crippen LogP contribution in [-0.2, 0) is 0 Å². The first-order valence-corrected chi connectivity index (χ1v) is 6.49. The Morgan fingerprint density at radius 1 is 1.44 bits per heavy atom. The van der Waals surface area contributed by atoms with E-state index in [4.69, 9.17) is 0 Å². The maximum absolute atomic E-state index is 13.8. The highest BCUT2D eigenvalue weighted by Crippen LogP contribution is 2.32. The summed E-state index contributed by atoms with van der Waals surface area (Å²) in [6, 6.07) is 4.86. The zero-order valence-corrected chi connectivity index (χ0v) is 10.6. The minimum absolute atomic E-state index is 0.0260. The number of halogens is 1. The van der Waals surface area contributed by atoms with Crippen LogP contribution in [0.5, 0.6) is 0 Å². The van der Waals surface area contributed by atoms with Crippen LogP contribution in [0, 0.1) is 5.82 Å². The molecule has 2 rings (SSSR count). The molecule has 1 fully saturated rings. The zero-order chi connectivity index (χ0) is 13.1. The lowest BCUT2D eigenvalue weighted by molar-refractivity contribution is 0.193. The van der Waals surface area contributed by atoms with E-state index in [0.717, 1.165) is 25.8 Å². The van der Waals surface area contributed by atoms with Crippen LogP contribution < -0.4 is 4.90 Å². The third-order valence-electron chi connectivity index (χ3n) is 3.59. The van der Waals surface area contributed by atoms with Crippen molar-refractivity contribution >= 4 is 5.69 Å². The molecule has 0 bridgehead atoms. The largest absolute Gasteiger partial charge is 0.394 e. The van der Waals surface area contributed by atoms with Gasteiger partial charge in [0.25, 0.3) is 0 Å². The Morgan fingerprint density at radius 3 is 2.89 bits per heavy atom. The van der Waals surface area contributed by atoms with E-state index in [-0.39, 0.29) is 18.5 Å². The third kappa shape index (κ3) is 2.49. The summed E-state index contributed by atoms with van der Waals surface area (Å²) in [5.41, 5.74) is 1.04. The first-order valence-electron chi connectivity index (χ1n) is 6.49. The van der Waals surface area contributed by atoms with Crippen LogP contribution in [0.25, 0.3) is 0 Å². The van der Waals surface area contributed by atoms with E-state index in [0.29, 0.717) is 11.3 Å². The molecule has 1 aliphatic rings. The molecule has 1 aromatic rings. The van der Waals surface area contributed by atoms with Crippen LogP contribution in [0.4, 0.5) is 10.1 Å². The van der Waals surface area contributed by atoms with Gasteiger partial charge in [-0.25, -0.2) is 4.39 Å². The summed E-state index contributed by atoms with van der Waals surface area (Å²) >= 11 is 0. The molecule has 18 heavy (non-hydrogen) atoms. The minimum Gasteiger partial charge on any atom is -0.394 e. The summed E-state index contributed by atoms with van der Waals surface area (Å²) in [7, 11) is 0. The van der Waals surface area contributed by atoms with Crippen molar-refractivity contribution in [1.29, 1.82) is 0 Å². The van der Waals surface area contributed by atoms with Crippen molar-refractivity contribution < 1.29 is 14.6 Å². The lowest BCUT2D eigenvalue weighted by atomic mass is 9.98. The molecule has 0 aromatic heterocycles. The van der Waals surface area contributed by atoms with Crippen LogP contribution in [-0.4, -0.2) is 29.4 Å². The highest BCUT2D eigenvalue weighted by Gasteiger charge is 2.26. The smallest absolute Gasteiger partial charge is 0.131 e. The first kappa shape index (κ1) is 13.3. The molecule has 1 unspecified atom stereocenters. The molecule has 0 spiro atoms. The second-order valence-corrected chi connectivity index (χ2v) is 4.87. The normalized spacial score (nSPS) is 22.0. The zero-order valence-electron chi connectivity index (χ0n) is 10.6. The van der Waals surface area contributed by atoms with E-state index in [1.54, 1.807) is 13.0 Å². The van der Waals surface area contributed by atoms with Gasteiger partial charge in [-0.3, -0.25) is 0 Å². The molecule has 1 heterocycles. The van der Waals surface area contributed by atoms with Gasteiger partial charge in [0.1, 0.15) is 5.82 Å². The third-order valence-corrected chi connectivity index (χ3v) is 3.59. The molecule has 2 atom stereocenters. The number of hydrogen-bond donors (Lipinski definition) is 2. The van der Waals surface area contributed by atoms with Crippen molar-refractivity contribution in [1.82, 2.24) is 0 Å². The first-order chi connectivity index (χ1) is 8.65. The van der Waals surface area contributed by atoms with Gasteiger partial charge in [0.2, 0.25) is 0 Å². The molecule has 1 aromatic carbocycles. The molecule has 100 valence electrons. The molecule has 4 heteroatoms. The Labute approximate surface area is 107 Å². The van der Waals surface area contributed by atoms with E-state index >= 15 is 0 Å². The summed E-state index contributed by atoms with van der Waals surface area (Å²) < 4.78 is 13.8. The Hall–Kier alpha value is -1.13. The number of rotatable bonds is 3. The molecular weight excluding hydrogens is 233 g/mol. The fraction of sp³-hybridized carbons (Fsp3) is 0.571. The second kappa shape index (κ2) is 5.67. The molecule has 0 radical (unpaired) electrons. The van der Waals surface area contributed by atoms with Crippen LogP contribution in [0.2, 0.25) is 0 Å². The Bertz CT molecular complexity index is 409. The van der Waals surface area contributed by atoms with Gasteiger partial charge >= 0.3 is 0 Å². The molecular formula is C14H20FNO2. The number of aliphatic hydroxyl groups excluding tert-OH is 2. The van der Waals surface area contributed by atoms with E-state index in [1.165, 1.54) is 6.07 Å². The average molecular weight is 253 g/mol. The van der Waals surface area contributed by atoms with E-state index in [2.05, 4.69) is 0 Å². The van der Waals surface area contributed by atoms with Crippen LogP contribution in [0.15, 0.2) is 18.2 Å². The van der Waals surface area contributed by atoms with Gasteiger partial charge in [-0.2, -0.15) is 0 Å². The summed E-state index contributed by atoms with van der Waals surface area (Å²) in [4.78, 5) is 2.02. The summed E-state index contributed by atoms with van der Waals surface area (Å²) in [5, 5.41) is 19.2. The van der Waals surface area contributed by atoms with Crippen molar-refractivity contribution in [3.8, 4) is 0 Å². The van der Waals surface area contributed by atoms with Gasteiger partial charge in [0.05, 0.1) is 18.8 Å². The van der Waals surface area contributed by atoms with Gasteiger partial charge in [-0.1, -0.05) is 6.07 Å². The van der Waals surface area contributed by atoms with Gasteiger partial charge < -0.3 is 15.1 Å². The van der Waals surface area contributed by atoms with Crippen molar-refractivity contribution in [3.63, 3.8) is 0 Å². The van der Waals surface area contributed by atoms with Gasteiger partial charge in [0.15, 0.2) is 0 Å². The molecule has 0 aliphatic carbocycles. The Kier molecular flexibility index (Phi) is 4.19. The summed E-state index contributed by atoms with van der Waals surface area (Å²) in [6.07, 6.45) is 2.18. The molecule has 0 saturated carbocycles. The lowest BCUT2D eigenvalue weighted by Gasteiger charge is -2.38. The second-order valence-electron chi connectivity index (χ2n) is 4.87. The van der Waals surface area contributed by atoms with Crippen molar-refractivity contribution in [2.75, 3.05) is 18.1 Å². The fourth-order valence-corrected chi connectivity index (χ4v) is 2.70. The minimum atomic E-state index is -0.845. The van der Waals surface area contributed by atoms with Crippen molar-refractivity contribution in [2.45, 2.75) is 38.3 Å². The van der Waals surface area contributed by atoms with E-state index < -0.39 is 6.10 Å².